The number of nitrogens with one attached hydrogen (secondary N) is 1. The van der Waals surface area contributed by atoms with E-state index in [4.69, 9.17) is 4.74 Å². The summed E-state index contributed by atoms with van der Waals surface area (Å²) in [6.07, 6.45) is 2.54. The van der Waals surface area contributed by atoms with Crippen molar-refractivity contribution in [2.75, 3.05) is 20.2 Å². The number of carbonyl (C=O) groups excluding carboxylic acids is 3. The van der Waals surface area contributed by atoms with Crippen molar-refractivity contribution in [3.05, 3.63) is 101 Å². The van der Waals surface area contributed by atoms with Gasteiger partial charge in [0.05, 0.1) is 18.2 Å². The standard InChI is InChI=1S/C28H25N3O4/c1-35-22-9-6-19(7-10-22)12-16-31-27(33)23-11-8-21(18-24(23)28(31)34)26(32)29-14-17-30-15-13-20-4-2-3-5-25(20)30/h2-11,13,15,18H,12,14,16-17H2,1H3,(H,29,32). The summed E-state index contributed by atoms with van der Waals surface area (Å²) in [6, 6.07) is 22.3. The van der Waals surface area contributed by atoms with Crippen molar-refractivity contribution in [3.8, 4) is 5.75 Å². The maximum atomic E-state index is 12.9. The van der Waals surface area contributed by atoms with Crippen molar-refractivity contribution in [3.63, 3.8) is 0 Å². The van der Waals surface area contributed by atoms with Crippen LogP contribution in [0.1, 0.15) is 36.6 Å². The van der Waals surface area contributed by atoms with Crippen molar-refractivity contribution in [2.24, 2.45) is 0 Å². The minimum absolute atomic E-state index is 0.269. The number of carbonyl (C=O) groups is 3. The lowest BCUT2D eigenvalue weighted by atomic mass is 10.1. The molecule has 7 heteroatoms. The Balaban J connectivity index is 1.21. The molecule has 0 fully saturated rings. The van der Waals surface area contributed by atoms with Gasteiger partial charge >= 0.3 is 0 Å². The molecular formula is C28H25N3O4. The molecule has 176 valence electrons. The molecule has 35 heavy (non-hydrogen) atoms. The monoisotopic (exact) mass is 467 g/mol. The minimum atomic E-state index is -0.369. The summed E-state index contributed by atoms with van der Waals surface area (Å²) in [5.41, 5.74) is 3.07. The van der Waals surface area contributed by atoms with Crippen LogP contribution in [0.2, 0.25) is 0 Å². The summed E-state index contributed by atoms with van der Waals surface area (Å²) >= 11 is 0. The zero-order valence-electron chi connectivity index (χ0n) is 19.4. The predicted molar refractivity (Wildman–Crippen MR) is 133 cm³/mol. The quantitative estimate of drug-likeness (QED) is 0.399. The molecule has 0 saturated heterocycles. The van der Waals surface area contributed by atoms with E-state index in [2.05, 4.69) is 9.88 Å². The van der Waals surface area contributed by atoms with Crippen LogP contribution in [0.4, 0.5) is 0 Å². The molecule has 1 aliphatic rings. The minimum Gasteiger partial charge on any atom is -0.497 e. The van der Waals surface area contributed by atoms with Crippen LogP contribution < -0.4 is 10.1 Å². The number of methoxy groups -OCH3 is 1. The molecule has 3 amide bonds. The molecule has 0 saturated carbocycles. The molecule has 0 bridgehead atoms. The molecule has 0 aliphatic carbocycles. The first kappa shape index (κ1) is 22.4. The summed E-state index contributed by atoms with van der Waals surface area (Å²) in [5, 5.41) is 4.06. The van der Waals surface area contributed by atoms with E-state index < -0.39 is 0 Å². The topological polar surface area (TPSA) is 80.6 Å². The van der Waals surface area contributed by atoms with Gasteiger partial charge in [-0.1, -0.05) is 30.3 Å². The van der Waals surface area contributed by atoms with Crippen LogP contribution in [-0.4, -0.2) is 47.4 Å². The summed E-state index contributed by atoms with van der Waals surface area (Å²) in [7, 11) is 1.60. The average Bonchev–Trinajstić information content (AvgIpc) is 3.41. The zero-order valence-corrected chi connectivity index (χ0v) is 19.4. The number of benzene rings is 3. The molecule has 2 heterocycles. The number of hydrogen-bond donors (Lipinski definition) is 1. The Morgan fingerprint density at radius 3 is 2.46 bits per heavy atom. The molecule has 4 aromatic rings. The molecular weight excluding hydrogens is 442 g/mol. The fraction of sp³-hybridized carbons (Fsp3) is 0.179. The maximum absolute atomic E-state index is 12.9. The number of para-hydroxylation sites is 1. The van der Waals surface area contributed by atoms with Crippen molar-refractivity contribution < 1.29 is 19.1 Å². The lowest BCUT2D eigenvalue weighted by molar-refractivity contribution is 0.0656. The van der Waals surface area contributed by atoms with E-state index in [9.17, 15) is 14.4 Å². The largest absolute Gasteiger partial charge is 0.497 e. The van der Waals surface area contributed by atoms with Crippen LogP contribution in [-0.2, 0) is 13.0 Å². The second kappa shape index (κ2) is 9.46. The molecule has 1 aromatic heterocycles. The van der Waals surface area contributed by atoms with Gasteiger partial charge in [-0.3, -0.25) is 19.3 Å². The predicted octanol–water partition coefficient (Wildman–Crippen LogP) is 3.92. The van der Waals surface area contributed by atoms with Gasteiger partial charge in [-0.05, 0) is 59.8 Å². The second-order valence-corrected chi connectivity index (χ2v) is 8.44. The number of rotatable bonds is 8. The van der Waals surface area contributed by atoms with Gasteiger partial charge in [-0.15, -0.1) is 0 Å². The first-order chi connectivity index (χ1) is 17.0. The highest BCUT2D eigenvalue weighted by Gasteiger charge is 2.35. The Hall–Kier alpha value is -4.39. The molecule has 3 aromatic carbocycles. The van der Waals surface area contributed by atoms with Gasteiger partial charge in [0.1, 0.15) is 5.75 Å². The second-order valence-electron chi connectivity index (χ2n) is 8.44. The highest BCUT2D eigenvalue weighted by atomic mass is 16.5. The summed E-state index contributed by atoms with van der Waals surface area (Å²) < 4.78 is 7.25. The number of amides is 3. The highest BCUT2D eigenvalue weighted by molar-refractivity contribution is 6.22. The van der Waals surface area contributed by atoms with Crippen LogP contribution >= 0.6 is 0 Å². The molecule has 1 aliphatic heterocycles. The van der Waals surface area contributed by atoms with Gasteiger partial charge in [0.15, 0.2) is 0 Å². The summed E-state index contributed by atoms with van der Waals surface area (Å²) in [5.74, 6) is -0.222. The number of nitrogens with zero attached hydrogens (tertiary/aromatic N) is 2. The van der Waals surface area contributed by atoms with Gasteiger partial charge in [-0.25, -0.2) is 0 Å². The van der Waals surface area contributed by atoms with Gasteiger partial charge in [-0.2, -0.15) is 0 Å². The number of imide groups is 1. The number of hydrogen-bond acceptors (Lipinski definition) is 4. The Kier molecular flexibility index (Phi) is 6.06. The van der Waals surface area contributed by atoms with E-state index in [0.717, 1.165) is 22.2 Å². The van der Waals surface area contributed by atoms with E-state index in [1.807, 2.05) is 60.8 Å². The molecule has 7 nitrogen and oxygen atoms in total. The maximum Gasteiger partial charge on any atom is 0.261 e. The Morgan fingerprint density at radius 1 is 0.886 bits per heavy atom. The lowest BCUT2D eigenvalue weighted by Crippen LogP contribution is -2.31. The third-order valence-corrected chi connectivity index (χ3v) is 6.33. The van der Waals surface area contributed by atoms with Crippen LogP contribution in [0, 0.1) is 0 Å². The zero-order chi connectivity index (χ0) is 24.4. The lowest BCUT2D eigenvalue weighted by Gasteiger charge is -2.13. The van der Waals surface area contributed by atoms with Crippen molar-refractivity contribution in [1.82, 2.24) is 14.8 Å². The Morgan fingerprint density at radius 2 is 1.66 bits per heavy atom. The number of aromatic nitrogens is 1. The van der Waals surface area contributed by atoms with E-state index in [1.165, 1.54) is 11.0 Å². The fourth-order valence-electron chi connectivity index (χ4n) is 4.40. The van der Waals surface area contributed by atoms with E-state index in [-0.39, 0.29) is 29.8 Å². The number of ether oxygens (including phenoxy) is 1. The van der Waals surface area contributed by atoms with Crippen LogP contribution in [0.3, 0.4) is 0 Å². The summed E-state index contributed by atoms with van der Waals surface area (Å²) in [6.45, 7) is 1.33. The molecule has 0 atom stereocenters. The van der Waals surface area contributed by atoms with Crippen LogP contribution in [0.25, 0.3) is 10.9 Å². The molecule has 0 radical (unpaired) electrons. The van der Waals surface area contributed by atoms with Crippen molar-refractivity contribution in [2.45, 2.75) is 13.0 Å². The normalized spacial score (nSPS) is 12.8. The summed E-state index contributed by atoms with van der Waals surface area (Å²) in [4.78, 5) is 39.7. The van der Waals surface area contributed by atoms with E-state index in [0.29, 0.717) is 30.6 Å². The third kappa shape index (κ3) is 4.40. The Labute approximate surface area is 202 Å². The van der Waals surface area contributed by atoms with E-state index >= 15 is 0 Å². The van der Waals surface area contributed by atoms with Crippen LogP contribution in [0.5, 0.6) is 5.75 Å². The Bertz CT molecular complexity index is 1420. The fourth-order valence-corrected chi connectivity index (χ4v) is 4.40. The van der Waals surface area contributed by atoms with E-state index in [1.54, 1.807) is 19.2 Å². The van der Waals surface area contributed by atoms with Crippen molar-refractivity contribution in [1.29, 1.82) is 0 Å². The molecule has 1 N–H and O–H groups in total. The van der Waals surface area contributed by atoms with Crippen molar-refractivity contribution >= 4 is 28.6 Å². The SMILES string of the molecule is COc1ccc(CCN2C(=O)c3ccc(C(=O)NCCn4ccc5ccccc54)cc3C2=O)cc1. The third-order valence-electron chi connectivity index (χ3n) is 6.33. The molecule has 0 spiro atoms. The van der Waals surface area contributed by atoms with Gasteiger partial charge in [0.2, 0.25) is 0 Å². The molecule has 5 rings (SSSR count). The first-order valence-corrected chi connectivity index (χ1v) is 11.5. The van der Waals surface area contributed by atoms with Gasteiger partial charge in [0.25, 0.3) is 17.7 Å². The van der Waals surface area contributed by atoms with Crippen LogP contribution in [0.15, 0.2) is 79.0 Å². The molecule has 0 unspecified atom stereocenters. The first-order valence-electron chi connectivity index (χ1n) is 11.5. The average molecular weight is 468 g/mol. The van der Waals surface area contributed by atoms with Gasteiger partial charge < -0.3 is 14.6 Å². The smallest absolute Gasteiger partial charge is 0.261 e. The number of fused-ring (bicyclic) bond motifs is 2. The van der Waals surface area contributed by atoms with Gasteiger partial charge in [0, 0.05) is 36.9 Å². The highest BCUT2D eigenvalue weighted by Crippen LogP contribution is 2.25.